The summed E-state index contributed by atoms with van der Waals surface area (Å²) in [5, 5.41) is 18.7. The standard InChI is InChI=1S/C27H23N3O4/c1-15-11-19(17(3)29-22-9-5-4-8-18(22)27(32)33)26-20(12-15)24(31)13-25(34-26)30-23-10-6-7-16(2)21(23)14-28-30/h4-14,17,29H,1-3H3,(H,32,33). The van der Waals surface area contributed by atoms with Crippen LogP contribution in [0.4, 0.5) is 5.69 Å². The van der Waals surface area contributed by atoms with Gasteiger partial charge in [-0.2, -0.15) is 9.78 Å². The number of carboxylic acid groups (broad SMARTS) is 1. The van der Waals surface area contributed by atoms with Gasteiger partial charge in [0.1, 0.15) is 5.58 Å². The molecule has 0 saturated heterocycles. The third-order valence-electron chi connectivity index (χ3n) is 6.02. The summed E-state index contributed by atoms with van der Waals surface area (Å²) in [5.74, 6) is -0.694. The van der Waals surface area contributed by atoms with Crippen LogP contribution in [0.25, 0.3) is 27.8 Å². The smallest absolute Gasteiger partial charge is 0.337 e. The number of rotatable bonds is 5. The van der Waals surface area contributed by atoms with Gasteiger partial charge in [0.05, 0.1) is 28.7 Å². The van der Waals surface area contributed by atoms with E-state index in [-0.39, 0.29) is 17.0 Å². The largest absolute Gasteiger partial charge is 0.478 e. The number of aromatic nitrogens is 2. The zero-order valence-corrected chi connectivity index (χ0v) is 19.0. The summed E-state index contributed by atoms with van der Waals surface area (Å²) in [6.07, 6.45) is 1.76. The van der Waals surface area contributed by atoms with Crippen LogP contribution in [-0.4, -0.2) is 20.9 Å². The minimum Gasteiger partial charge on any atom is -0.478 e. The third kappa shape index (κ3) is 3.61. The van der Waals surface area contributed by atoms with Gasteiger partial charge in [-0.05, 0) is 56.2 Å². The summed E-state index contributed by atoms with van der Waals surface area (Å²) in [6, 6.07) is 17.5. The van der Waals surface area contributed by atoms with Crippen molar-refractivity contribution in [2.24, 2.45) is 0 Å². The van der Waals surface area contributed by atoms with Crippen LogP contribution in [0.1, 0.15) is 40.0 Å². The van der Waals surface area contributed by atoms with Gasteiger partial charge < -0.3 is 14.8 Å². The molecule has 1 unspecified atom stereocenters. The van der Waals surface area contributed by atoms with Crippen molar-refractivity contribution in [3.05, 3.63) is 99.3 Å². The Hall–Kier alpha value is -4.39. The molecule has 5 aromatic rings. The lowest BCUT2D eigenvalue weighted by Crippen LogP contribution is -2.13. The summed E-state index contributed by atoms with van der Waals surface area (Å²) < 4.78 is 7.93. The van der Waals surface area contributed by atoms with Crippen molar-refractivity contribution in [2.75, 3.05) is 5.32 Å². The van der Waals surface area contributed by atoms with E-state index in [0.29, 0.717) is 22.5 Å². The Morgan fingerprint density at radius 2 is 1.85 bits per heavy atom. The average Bonchev–Trinajstić information content (AvgIpc) is 3.25. The molecule has 2 heterocycles. The van der Waals surface area contributed by atoms with E-state index in [9.17, 15) is 14.7 Å². The normalized spacial score (nSPS) is 12.2. The van der Waals surface area contributed by atoms with Crippen molar-refractivity contribution >= 4 is 33.5 Å². The zero-order chi connectivity index (χ0) is 24.0. The Bertz CT molecular complexity index is 1630. The lowest BCUT2D eigenvalue weighted by atomic mass is 10.0. The Balaban J connectivity index is 1.67. The molecule has 0 bridgehead atoms. The van der Waals surface area contributed by atoms with Gasteiger partial charge in [-0.25, -0.2) is 4.79 Å². The van der Waals surface area contributed by atoms with Gasteiger partial charge in [0.2, 0.25) is 5.88 Å². The van der Waals surface area contributed by atoms with Crippen LogP contribution in [0, 0.1) is 13.8 Å². The molecule has 3 aromatic carbocycles. The third-order valence-corrected chi connectivity index (χ3v) is 6.02. The lowest BCUT2D eigenvalue weighted by Gasteiger charge is -2.19. The molecule has 0 fully saturated rings. The first-order valence-corrected chi connectivity index (χ1v) is 10.9. The van der Waals surface area contributed by atoms with Crippen LogP contribution >= 0.6 is 0 Å². The van der Waals surface area contributed by atoms with Crippen molar-refractivity contribution in [3.63, 3.8) is 0 Å². The SMILES string of the molecule is Cc1cc(C(C)Nc2ccccc2C(=O)O)c2oc(-n3ncc4c(C)cccc43)cc(=O)c2c1. The van der Waals surface area contributed by atoms with Crippen molar-refractivity contribution in [1.82, 2.24) is 9.78 Å². The highest BCUT2D eigenvalue weighted by molar-refractivity contribution is 5.94. The first-order valence-electron chi connectivity index (χ1n) is 10.9. The molecule has 0 spiro atoms. The summed E-state index contributed by atoms with van der Waals surface area (Å²) >= 11 is 0. The highest BCUT2D eigenvalue weighted by Crippen LogP contribution is 2.30. The van der Waals surface area contributed by atoms with E-state index in [2.05, 4.69) is 10.4 Å². The molecule has 5 rings (SSSR count). The van der Waals surface area contributed by atoms with Crippen LogP contribution in [0.2, 0.25) is 0 Å². The van der Waals surface area contributed by atoms with E-state index < -0.39 is 5.97 Å². The van der Waals surface area contributed by atoms with Crippen LogP contribution in [-0.2, 0) is 0 Å². The van der Waals surface area contributed by atoms with Gasteiger partial charge in [0, 0.05) is 22.7 Å². The Kier molecular flexibility index (Phi) is 5.17. The number of nitrogens with one attached hydrogen (secondary N) is 1. The van der Waals surface area contributed by atoms with Crippen LogP contribution in [0.5, 0.6) is 0 Å². The molecule has 170 valence electrons. The molecule has 0 aliphatic heterocycles. The molecule has 34 heavy (non-hydrogen) atoms. The highest BCUT2D eigenvalue weighted by Gasteiger charge is 2.19. The molecule has 7 nitrogen and oxygen atoms in total. The molecule has 0 aliphatic carbocycles. The quantitative estimate of drug-likeness (QED) is 0.358. The van der Waals surface area contributed by atoms with Crippen LogP contribution in [0.15, 0.2) is 76.1 Å². The van der Waals surface area contributed by atoms with Gasteiger partial charge in [0.25, 0.3) is 0 Å². The molecule has 0 radical (unpaired) electrons. The first kappa shape index (κ1) is 21.5. The fourth-order valence-electron chi connectivity index (χ4n) is 4.33. The number of benzene rings is 3. The summed E-state index contributed by atoms with van der Waals surface area (Å²) in [7, 11) is 0. The number of fused-ring (bicyclic) bond motifs is 2. The van der Waals surface area contributed by atoms with E-state index >= 15 is 0 Å². The van der Waals surface area contributed by atoms with E-state index in [1.807, 2.05) is 45.0 Å². The van der Waals surface area contributed by atoms with Crippen LogP contribution in [0.3, 0.4) is 0 Å². The Morgan fingerprint density at radius 3 is 2.65 bits per heavy atom. The van der Waals surface area contributed by atoms with Crippen molar-refractivity contribution in [1.29, 1.82) is 0 Å². The number of hydrogen-bond donors (Lipinski definition) is 2. The molecule has 0 amide bonds. The number of aryl methyl sites for hydroxylation is 2. The van der Waals surface area contributed by atoms with Gasteiger partial charge in [-0.1, -0.05) is 30.3 Å². The Labute approximate surface area is 195 Å². The number of carboxylic acids is 1. The molecule has 1 atom stereocenters. The van der Waals surface area contributed by atoms with Crippen molar-refractivity contribution < 1.29 is 14.3 Å². The fraction of sp³-hybridized carbons (Fsp3) is 0.148. The minimum absolute atomic E-state index is 0.171. The number of anilines is 1. The second kappa shape index (κ2) is 8.19. The predicted molar refractivity (Wildman–Crippen MR) is 132 cm³/mol. The minimum atomic E-state index is -1.01. The molecular weight excluding hydrogens is 430 g/mol. The second-order valence-electron chi connectivity index (χ2n) is 8.46. The summed E-state index contributed by atoms with van der Waals surface area (Å²) in [4.78, 5) is 24.8. The maximum absolute atomic E-state index is 13.1. The van der Waals surface area contributed by atoms with E-state index in [1.54, 1.807) is 41.2 Å². The monoisotopic (exact) mass is 453 g/mol. The topological polar surface area (TPSA) is 97.4 Å². The second-order valence-corrected chi connectivity index (χ2v) is 8.46. The molecule has 2 N–H and O–H groups in total. The van der Waals surface area contributed by atoms with Crippen molar-refractivity contribution in [2.45, 2.75) is 26.8 Å². The zero-order valence-electron chi connectivity index (χ0n) is 19.0. The maximum atomic E-state index is 13.1. The number of nitrogens with zero attached hydrogens (tertiary/aromatic N) is 2. The van der Waals surface area contributed by atoms with Crippen molar-refractivity contribution in [3.8, 4) is 5.88 Å². The lowest BCUT2D eigenvalue weighted by molar-refractivity contribution is 0.0698. The van der Waals surface area contributed by atoms with E-state index in [0.717, 1.165) is 27.6 Å². The predicted octanol–water partition coefficient (Wildman–Crippen LogP) is 5.62. The van der Waals surface area contributed by atoms with E-state index in [1.165, 1.54) is 6.07 Å². The number of hydrogen-bond acceptors (Lipinski definition) is 5. The first-order chi connectivity index (χ1) is 16.3. The maximum Gasteiger partial charge on any atom is 0.337 e. The summed E-state index contributed by atoms with van der Waals surface area (Å²) in [5.41, 5.74) is 4.52. The molecule has 0 saturated carbocycles. The van der Waals surface area contributed by atoms with Gasteiger partial charge >= 0.3 is 5.97 Å². The van der Waals surface area contributed by atoms with Gasteiger partial charge in [-0.15, -0.1) is 0 Å². The number of carbonyl (C=O) groups is 1. The Morgan fingerprint density at radius 1 is 1.06 bits per heavy atom. The molecule has 2 aromatic heterocycles. The fourth-order valence-corrected chi connectivity index (χ4v) is 4.33. The highest BCUT2D eigenvalue weighted by atomic mass is 16.4. The van der Waals surface area contributed by atoms with E-state index in [4.69, 9.17) is 4.42 Å². The van der Waals surface area contributed by atoms with Gasteiger partial charge in [-0.3, -0.25) is 4.79 Å². The molecule has 7 heteroatoms. The molecule has 0 aliphatic rings. The number of para-hydroxylation sites is 1. The van der Waals surface area contributed by atoms with Gasteiger partial charge in [0.15, 0.2) is 5.43 Å². The van der Waals surface area contributed by atoms with Crippen LogP contribution < -0.4 is 10.7 Å². The average molecular weight is 453 g/mol. The number of aromatic carboxylic acids is 1. The molecular formula is C27H23N3O4. The summed E-state index contributed by atoms with van der Waals surface area (Å²) in [6.45, 7) is 5.83.